The van der Waals surface area contributed by atoms with Crippen molar-refractivity contribution in [2.45, 2.75) is 31.2 Å². The number of hydrogen-bond donors (Lipinski definition) is 2. The van der Waals surface area contributed by atoms with Crippen LogP contribution in [0.15, 0.2) is 30.3 Å². The summed E-state index contributed by atoms with van der Waals surface area (Å²) >= 11 is 0. The van der Waals surface area contributed by atoms with E-state index in [0.29, 0.717) is 12.8 Å². The van der Waals surface area contributed by atoms with Gasteiger partial charge in [-0.15, -0.1) is 0 Å². The molecular weight excluding hydrogens is 266 g/mol. The zero-order valence-electron chi connectivity index (χ0n) is 10.7. The molecule has 0 bridgehead atoms. The molecule has 1 unspecified atom stereocenters. The Labute approximate surface area is 112 Å². The molecule has 0 aliphatic heterocycles. The maximum Gasteiger partial charge on any atom is 0.324 e. The van der Waals surface area contributed by atoms with Crippen molar-refractivity contribution >= 4 is 16.0 Å². The molecule has 2 N–H and O–H groups in total. The molecule has 1 aromatic rings. The quantitative estimate of drug-likeness (QED) is 0.825. The number of carbonyl (C=O) groups is 1. The van der Waals surface area contributed by atoms with Crippen molar-refractivity contribution in [1.29, 1.82) is 0 Å². The lowest BCUT2D eigenvalue weighted by Crippen LogP contribution is -2.44. The van der Waals surface area contributed by atoms with E-state index < -0.39 is 21.5 Å². The van der Waals surface area contributed by atoms with E-state index in [2.05, 4.69) is 4.72 Å². The highest BCUT2D eigenvalue weighted by molar-refractivity contribution is 7.89. The van der Waals surface area contributed by atoms with E-state index in [-0.39, 0.29) is 11.7 Å². The highest BCUT2D eigenvalue weighted by Crippen LogP contribution is 2.36. The van der Waals surface area contributed by atoms with Gasteiger partial charge in [0, 0.05) is 0 Å². The van der Waals surface area contributed by atoms with E-state index in [1.807, 2.05) is 37.3 Å². The van der Waals surface area contributed by atoms with E-state index in [4.69, 9.17) is 5.11 Å². The van der Waals surface area contributed by atoms with Crippen LogP contribution in [0.1, 0.15) is 31.2 Å². The van der Waals surface area contributed by atoms with E-state index in [1.165, 1.54) is 0 Å². The minimum atomic E-state index is -3.60. The SMILES string of the molecule is CC(CS(=O)(=O)NC1(C(=O)O)CC1)c1ccccc1. The zero-order valence-corrected chi connectivity index (χ0v) is 11.5. The Morgan fingerprint density at radius 3 is 2.42 bits per heavy atom. The fraction of sp³-hybridized carbons (Fsp3) is 0.462. The normalized spacial score (nSPS) is 18.8. The summed E-state index contributed by atoms with van der Waals surface area (Å²) < 4.78 is 26.3. The highest BCUT2D eigenvalue weighted by atomic mass is 32.2. The monoisotopic (exact) mass is 283 g/mol. The summed E-state index contributed by atoms with van der Waals surface area (Å²) in [5.74, 6) is -1.38. The summed E-state index contributed by atoms with van der Waals surface area (Å²) in [5, 5.41) is 8.99. The van der Waals surface area contributed by atoms with Gasteiger partial charge in [0.2, 0.25) is 10.0 Å². The molecule has 1 saturated carbocycles. The van der Waals surface area contributed by atoms with Gasteiger partial charge < -0.3 is 5.11 Å². The summed E-state index contributed by atoms with van der Waals surface area (Å²) in [6, 6.07) is 9.30. The summed E-state index contributed by atoms with van der Waals surface area (Å²) in [4.78, 5) is 11.0. The van der Waals surface area contributed by atoms with Crippen molar-refractivity contribution in [3.05, 3.63) is 35.9 Å². The molecule has 1 aliphatic rings. The van der Waals surface area contributed by atoms with Crippen LogP contribution in [0.4, 0.5) is 0 Å². The number of benzene rings is 1. The molecule has 0 heterocycles. The lowest BCUT2D eigenvalue weighted by Gasteiger charge is -2.16. The van der Waals surface area contributed by atoms with Crippen LogP contribution in [0.3, 0.4) is 0 Å². The molecule has 0 spiro atoms. The number of hydrogen-bond acceptors (Lipinski definition) is 3. The second-order valence-corrected chi connectivity index (χ2v) is 6.85. The molecule has 104 valence electrons. The second-order valence-electron chi connectivity index (χ2n) is 5.08. The Morgan fingerprint density at radius 2 is 1.95 bits per heavy atom. The van der Waals surface area contributed by atoms with Crippen molar-refractivity contribution in [3.8, 4) is 0 Å². The van der Waals surface area contributed by atoms with Crippen LogP contribution in [-0.2, 0) is 14.8 Å². The zero-order chi connectivity index (χ0) is 14.1. The first-order chi connectivity index (χ1) is 8.85. The molecule has 0 saturated heterocycles. The average molecular weight is 283 g/mol. The van der Waals surface area contributed by atoms with Gasteiger partial charge in [-0.05, 0) is 24.3 Å². The second kappa shape index (κ2) is 4.94. The third-order valence-corrected chi connectivity index (χ3v) is 4.99. The Hall–Kier alpha value is -1.40. The predicted molar refractivity (Wildman–Crippen MR) is 71.4 cm³/mol. The fourth-order valence-corrected chi connectivity index (χ4v) is 3.85. The van der Waals surface area contributed by atoms with Gasteiger partial charge in [0.05, 0.1) is 5.75 Å². The Bertz CT molecular complexity index is 564. The highest BCUT2D eigenvalue weighted by Gasteiger charge is 2.53. The number of carboxylic acid groups (broad SMARTS) is 1. The first-order valence-electron chi connectivity index (χ1n) is 6.15. The lowest BCUT2D eigenvalue weighted by molar-refractivity contribution is -0.140. The van der Waals surface area contributed by atoms with Crippen molar-refractivity contribution in [2.75, 3.05) is 5.75 Å². The largest absolute Gasteiger partial charge is 0.480 e. The van der Waals surface area contributed by atoms with Crippen LogP contribution in [0.5, 0.6) is 0 Å². The Morgan fingerprint density at radius 1 is 1.37 bits per heavy atom. The molecule has 1 aliphatic carbocycles. The third-order valence-electron chi connectivity index (χ3n) is 3.35. The smallest absolute Gasteiger partial charge is 0.324 e. The van der Waals surface area contributed by atoms with Gasteiger partial charge in [-0.25, -0.2) is 8.42 Å². The van der Waals surface area contributed by atoms with Crippen molar-refractivity contribution < 1.29 is 18.3 Å². The van der Waals surface area contributed by atoms with Gasteiger partial charge in [0.15, 0.2) is 0 Å². The third kappa shape index (κ3) is 3.33. The van der Waals surface area contributed by atoms with E-state index in [1.54, 1.807) is 0 Å². The van der Waals surface area contributed by atoms with Gasteiger partial charge >= 0.3 is 5.97 Å². The maximum absolute atomic E-state index is 12.0. The number of rotatable bonds is 6. The molecule has 1 aromatic carbocycles. The van der Waals surface area contributed by atoms with Crippen LogP contribution >= 0.6 is 0 Å². The summed E-state index contributed by atoms with van der Waals surface area (Å²) in [5.41, 5.74) is -0.331. The molecule has 0 aromatic heterocycles. The van der Waals surface area contributed by atoms with Crippen LogP contribution < -0.4 is 4.72 Å². The predicted octanol–water partition coefficient (Wildman–Crippen LogP) is 1.33. The molecule has 1 atom stereocenters. The molecule has 19 heavy (non-hydrogen) atoms. The van der Waals surface area contributed by atoms with E-state index in [9.17, 15) is 13.2 Å². The fourth-order valence-electron chi connectivity index (χ4n) is 2.03. The van der Waals surface area contributed by atoms with Gasteiger partial charge in [-0.2, -0.15) is 4.72 Å². The van der Waals surface area contributed by atoms with Crippen LogP contribution in [0.2, 0.25) is 0 Å². The molecule has 0 radical (unpaired) electrons. The van der Waals surface area contributed by atoms with Gasteiger partial charge in [0.1, 0.15) is 5.54 Å². The molecule has 2 rings (SSSR count). The first kappa shape index (κ1) is 14.0. The molecule has 1 fully saturated rings. The molecule has 6 heteroatoms. The van der Waals surface area contributed by atoms with Crippen LogP contribution in [-0.4, -0.2) is 30.8 Å². The standard InChI is InChI=1S/C13H17NO4S/c1-10(11-5-3-2-4-6-11)9-19(17,18)14-13(7-8-13)12(15)16/h2-6,10,14H,7-9H2,1H3,(H,15,16). The maximum atomic E-state index is 12.0. The van der Waals surface area contributed by atoms with Crippen LogP contribution in [0, 0.1) is 0 Å². The number of carboxylic acids is 1. The topological polar surface area (TPSA) is 83.5 Å². The summed E-state index contributed by atoms with van der Waals surface area (Å²) in [6.07, 6.45) is 0.725. The number of sulfonamides is 1. The summed E-state index contributed by atoms with van der Waals surface area (Å²) in [6.45, 7) is 1.81. The van der Waals surface area contributed by atoms with E-state index >= 15 is 0 Å². The number of nitrogens with one attached hydrogen (secondary N) is 1. The van der Waals surface area contributed by atoms with Crippen molar-refractivity contribution in [1.82, 2.24) is 4.72 Å². The Balaban J connectivity index is 2.04. The van der Waals surface area contributed by atoms with Gasteiger partial charge in [-0.3, -0.25) is 4.79 Å². The van der Waals surface area contributed by atoms with Crippen molar-refractivity contribution in [2.24, 2.45) is 0 Å². The molecular formula is C13H17NO4S. The minimum absolute atomic E-state index is 0.105. The van der Waals surface area contributed by atoms with Crippen molar-refractivity contribution in [3.63, 3.8) is 0 Å². The van der Waals surface area contributed by atoms with Crippen LogP contribution in [0.25, 0.3) is 0 Å². The Kier molecular flexibility index (Phi) is 3.64. The average Bonchev–Trinajstić information content (AvgIpc) is 3.09. The molecule has 0 amide bonds. The van der Waals surface area contributed by atoms with E-state index in [0.717, 1.165) is 5.56 Å². The number of aliphatic carboxylic acids is 1. The summed E-state index contributed by atoms with van der Waals surface area (Å²) in [7, 11) is -3.60. The lowest BCUT2D eigenvalue weighted by atomic mass is 10.0. The van der Waals surface area contributed by atoms with Gasteiger partial charge in [0.25, 0.3) is 0 Å². The first-order valence-corrected chi connectivity index (χ1v) is 7.80. The van der Waals surface area contributed by atoms with Gasteiger partial charge in [-0.1, -0.05) is 37.3 Å². The minimum Gasteiger partial charge on any atom is -0.480 e. The molecule has 5 nitrogen and oxygen atoms in total.